The van der Waals surface area contributed by atoms with Crippen LogP contribution < -0.4 is 0 Å². The molecule has 3 nitrogen and oxygen atoms in total. The second-order valence-corrected chi connectivity index (χ2v) is 5.04. The maximum absolute atomic E-state index is 14.0. The summed E-state index contributed by atoms with van der Waals surface area (Å²) in [4.78, 5) is 15.2. The maximum Gasteiger partial charge on any atom is 0.155 e. The van der Waals surface area contributed by atoms with Crippen molar-refractivity contribution in [2.45, 2.75) is 25.9 Å². The fourth-order valence-corrected chi connectivity index (χ4v) is 2.12. The number of aliphatic hydroxyl groups excluding tert-OH is 1. The summed E-state index contributed by atoms with van der Waals surface area (Å²) < 4.78 is 14.0. The molecule has 123 valence electrons. The van der Waals surface area contributed by atoms with Crippen molar-refractivity contribution >= 4 is 5.78 Å². The Labute approximate surface area is 148 Å². The smallest absolute Gasteiger partial charge is 0.155 e. The van der Waals surface area contributed by atoms with Crippen LogP contribution in [0.2, 0.25) is 0 Å². The van der Waals surface area contributed by atoms with Gasteiger partial charge in [0.1, 0.15) is 6.17 Å². The Morgan fingerprint density at radius 2 is 2.13 bits per heavy atom. The monoisotopic (exact) mass is 401 g/mol. The summed E-state index contributed by atoms with van der Waals surface area (Å²) in [5, 5.41) is 9.48. The van der Waals surface area contributed by atoms with Crippen LogP contribution in [0.1, 0.15) is 19.0 Å². The third-order valence-electron chi connectivity index (χ3n) is 3.02. The van der Waals surface area contributed by atoms with Crippen LogP contribution in [0, 0.1) is 6.07 Å². The van der Waals surface area contributed by atoms with Gasteiger partial charge < -0.3 is 10.1 Å². The Balaban J connectivity index is 0.00000264. The Morgan fingerprint density at radius 3 is 2.78 bits per heavy atom. The van der Waals surface area contributed by atoms with Gasteiger partial charge in [0, 0.05) is 44.1 Å². The number of aromatic nitrogens is 1. The van der Waals surface area contributed by atoms with Crippen LogP contribution in [0.25, 0.3) is 11.3 Å². The molecule has 1 aromatic heterocycles. The van der Waals surface area contributed by atoms with E-state index in [1.807, 2.05) is 30.3 Å². The van der Waals surface area contributed by atoms with Crippen molar-refractivity contribution in [2.75, 3.05) is 0 Å². The first-order valence-electron chi connectivity index (χ1n) is 7.02. The van der Waals surface area contributed by atoms with Gasteiger partial charge in [0.2, 0.25) is 0 Å². The number of allylic oxidation sites excluding steroid dienone is 2. The van der Waals surface area contributed by atoms with Gasteiger partial charge in [-0.05, 0) is 18.7 Å². The molecule has 0 fully saturated rings. The van der Waals surface area contributed by atoms with E-state index < -0.39 is 6.17 Å². The zero-order valence-electron chi connectivity index (χ0n) is 12.6. The normalized spacial score (nSPS) is 12.3. The molecular formula is C18H17FNO2Rh-. The number of hydrogen-bond donors (Lipinski definition) is 1. The third-order valence-corrected chi connectivity index (χ3v) is 3.02. The molecule has 0 aliphatic rings. The molecule has 0 spiro atoms. The van der Waals surface area contributed by atoms with Gasteiger partial charge in [-0.25, -0.2) is 4.39 Å². The number of pyridine rings is 1. The van der Waals surface area contributed by atoms with Crippen LogP contribution in [-0.2, 0) is 30.7 Å². The molecule has 23 heavy (non-hydrogen) atoms. The predicted molar refractivity (Wildman–Crippen MR) is 83.1 cm³/mol. The molecule has 1 N–H and O–H groups in total. The van der Waals surface area contributed by atoms with Crippen LogP contribution in [0.3, 0.4) is 0 Å². The number of aliphatic hydroxyl groups is 1. The van der Waals surface area contributed by atoms with E-state index in [4.69, 9.17) is 0 Å². The summed E-state index contributed by atoms with van der Waals surface area (Å²) in [7, 11) is 0. The summed E-state index contributed by atoms with van der Waals surface area (Å²) in [6.07, 6.45) is -0.368. The Hall–Kier alpha value is -1.87. The van der Waals surface area contributed by atoms with E-state index >= 15 is 0 Å². The quantitative estimate of drug-likeness (QED) is 0.346. The van der Waals surface area contributed by atoms with Gasteiger partial charge in [-0.15, -0.1) is 35.9 Å². The van der Waals surface area contributed by atoms with Crippen molar-refractivity contribution in [3.8, 4) is 11.3 Å². The first-order chi connectivity index (χ1) is 10.5. The zero-order chi connectivity index (χ0) is 15.9. The molecule has 0 amide bonds. The van der Waals surface area contributed by atoms with E-state index in [1.165, 1.54) is 6.92 Å². The first kappa shape index (κ1) is 19.2. The zero-order valence-corrected chi connectivity index (χ0v) is 14.3. The summed E-state index contributed by atoms with van der Waals surface area (Å²) in [5.41, 5.74) is 2.17. The summed E-state index contributed by atoms with van der Waals surface area (Å²) in [6, 6.07) is 15.9. The third kappa shape index (κ3) is 6.41. The summed E-state index contributed by atoms with van der Waals surface area (Å²) >= 11 is 0. The molecule has 0 saturated carbocycles. The van der Waals surface area contributed by atoms with E-state index in [-0.39, 0.29) is 43.9 Å². The van der Waals surface area contributed by atoms with E-state index in [1.54, 1.807) is 12.1 Å². The number of ketones is 1. The number of alkyl halides is 1. The van der Waals surface area contributed by atoms with Crippen molar-refractivity contribution in [3.63, 3.8) is 0 Å². The number of carbonyl (C=O) groups is 1. The van der Waals surface area contributed by atoms with E-state index in [0.717, 1.165) is 17.3 Å². The van der Waals surface area contributed by atoms with Crippen molar-refractivity contribution in [1.82, 2.24) is 4.98 Å². The molecule has 2 rings (SSSR count). The average molecular weight is 401 g/mol. The molecule has 1 radical (unpaired) electrons. The van der Waals surface area contributed by atoms with Gasteiger partial charge in [-0.1, -0.05) is 12.1 Å². The molecule has 1 heterocycles. The number of nitrogens with zero attached hydrogens (tertiary/aromatic N) is 1. The van der Waals surface area contributed by atoms with Crippen LogP contribution in [-0.4, -0.2) is 22.0 Å². The van der Waals surface area contributed by atoms with Crippen molar-refractivity contribution in [1.29, 1.82) is 0 Å². The van der Waals surface area contributed by atoms with Crippen molar-refractivity contribution in [2.24, 2.45) is 0 Å². The van der Waals surface area contributed by atoms with E-state index in [9.17, 15) is 14.3 Å². The predicted octanol–water partition coefficient (Wildman–Crippen LogP) is 3.85. The van der Waals surface area contributed by atoms with Gasteiger partial charge in [-0.2, -0.15) is 0 Å². The molecule has 2 aromatic rings. The molecule has 1 aromatic carbocycles. The van der Waals surface area contributed by atoms with Crippen LogP contribution in [0.4, 0.5) is 4.39 Å². The molecule has 0 bridgehead atoms. The SMILES string of the molecule is CC(=O)C=C(O)CC(F)Cc1cccc(-c2[c-]cccc2)n1.[Rh]. The number of hydrogen-bond acceptors (Lipinski definition) is 3. The second-order valence-electron chi connectivity index (χ2n) is 5.04. The molecule has 0 aliphatic heterocycles. The minimum Gasteiger partial charge on any atom is -0.512 e. The second kappa shape index (κ2) is 9.31. The van der Waals surface area contributed by atoms with Gasteiger partial charge in [0.05, 0.1) is 5.76 Å². The fraction of sp³-hybridized carbons (Fsp3) is 0.222. The van der Waals surface area contributed by atoms with E-state index in [0.29, 0.717) is 5.69 Å². The first-order valence-corrected chi connectivity index (χ1v) is 7.02. The Morgan fingerprint density at radius 1 is 1.35 bits per heavy atom. The maximum atomic E-state index is 14.0. The molecule has 1 atom stereocenters. The van der Waals surface area contributed by atoms with Gasteiger partial charge in [0.15, 0.2) is 5.78 Å². The van der Waals surface area contributed by atoms with E-state index in [2.05, 4.69) is 11.1 Å². The number of rotatable bonds is 6. The fourth-order valence-electron chi connectivity index (χ4n) is 2.12. The number of carbonyl (C=O) groups excluding carboxylic acids is 1. The standard InChI is InChI=1S/C18H17FNO2.Rh/c1-13(21)10-17(22)12-15(19)11-16-8-5-9-18(20-16)14-6-3-2-4-7-14;/h2-6,8-10,15,22H,11-12H2,1H3;/q-1;. The van der Waals surface area contributed by atoms with Crippen LogP contribution in [0.15, 0.2) is 54.3 Å². The minimum atomic E-state index is -1.29. The number of halogens is 1. The van der Waals surface area contributed by atoms with Gasteiger partial charge in [-0.3, -0.25) is 4.79 Å². The van der Waals surface area contributed by atoms with Crippen molar-refractivity contribution < 1.29 is 33.8 Å². The average Bonchev–Trinajstić information content (AvgIpc) is 2.47. The summed E-state index contributed by atoms with van der Waals surface area (Å²) in [5.74, 6) is -0.544. The van der Waals surface area contributed by atoms with Gasteiger partial charge >= 0.3 is 0 Å². The molecular weight excluding hydrogens is 384 g/mol. The topological polar surface area (TPSA) is 50.2 Å². The Bertz CT molecular complexity index is 674. The van der Waals surface area contributed by atoms with Crippen molar-refractivity contribution in [3.05, 3.63) is 66.1 Å². The van der Waals surface area contributed by atoms with Crippen LogP contribution in [0.5, 0.6) is 0 Å². The summed E-state index contributed by atoms with van der Waals surface area (Å²) in [6.45, 7) is 1.31. The molecule has 0 saturated heterocycles. The molecule has 0 aliphatic carbocycles. The largest absolute Gasteiger partial charge is 0.512 e. The van der Waals surface area contributed by atoms with Gasteiger partial charge in [0.25, 0.3) is 0 Å². The van der Waals surface area contributed by atoms with Crippen LogP contribution >= 0.6 is 0 Å². The minimum absolute atomic E-state index is 0. The Kier molecular flexibility index (Phi) is 7.77. The molecule has 1 unspecified atom stereocenters. The molecule has 5 heteroatoms. The number of benzene rings is 1.